The lowest BCUT2D eigenvalue weighted by Gasteiger charge is -2.30. The van der Waals surface area contributed by atoms with Crippen molar-refractivity contribution in [1.29, 1.82) is 0 Å². The minimum atomic E-state index is -1.31. The van der Waals surface area contributed by atoms with Gasteiger partial charge in [0.25, 0.3) is 11.5 Å². The van der Waals surface area contributed by atoms with Gasteiger partial charge < -0.3 is 31.5 Å². The number of rotatable bonds is 9. The zero-order valence-corrected chi connectivity index (χ0v) is 17.6. The number of carbonyl (C=O) groups excluding carboxylic acids is 1. The molecule has 1 unspecified atom stereocenters. The summed E-state index contributed by atoms with van der Waals surface area (Å²) in [4.78, 5) is 58.8. The lowest BCUT2D eigenvalue weighted by Crippen LogP contribution is -2.43. The first-order valence-electron chi connectivity index (χ1n) is 9.92. The molecule has 0 saturated heterocycles. The maximum absolute atomic E-state index is 12.3. The fourth-order valence-corrected chi connectivity index (χ4v) is 3.22. The Bertz CT molecular complexity index is 1140. The summed E-state index contributed by atoms with van der Waals surface area (Å²) in [5, 5.41) is 23.4. The summed E-state index contributed by atoms with van der Waals surface area (Å²) in [5.74, 6) is -2.84. The summed E-state index contributed by atoms with van der Waals surface area (Å²) in [6.45, 7) is 0.394. The molecule has 174 valence electrons. The second kappa shape index (κ2) is 9.80. The number of nitrogens with zero attached hydrogens (tertiary/aromatic N) is 3. The van der Waals surface area contributed by atoms with E-state index in [4.69, 9.17) is 15.9 Å². The number of carbonyl (C=O) groups is 3. The quantitative estimate of drug-likeness (QED) is 0.298. The molecule has 0 bridgehead atoms. The van der Waals surface area contributed by atoms with Crippen molar-refractivity contribution >= 4 is 47.2 Å². The van der Waals surface area contributed by atoms with Crippen LogP contribution in [0.15, 0.2) is 34.1 Å². The molecule has 0 radical (unpaired) electrons. The number of hydrogen-bond acceptors (Lipinski definition) is 9. The van der Waals surface area contributed by atoms with E-state index in [0.29, 0.717) is 17.9 Å². The van der Waals surface area contributed by atoms with Gasteiger partial charge in [-0.15, -0.1) is 0 Å². The van der Waals surface area contributed by atoms with E-state index in [-0.39, 0.29) is 41.8 Å². The van der Waals surface area contributed by atoms with E-state index in [0.717, 1.165) is 0 Å². The molecule has 33 heavy (non-hydrogen) atoms. The summed E-state index contributed by atoms with van der Waals surface area (Å²) in [5.41, 5.74) is 6.37. The molecule has 2 heterocycles. The fraction of sp³-hybridized carbons (Fsp3) is 0.300. The number of fused-ring (bicyclic) bond motifs is 1. The number of aliphatic carboxylic acids is 2. The highest BCUT2D eigenvalue weighted by atomic mass is 16.4. The van der Waals surface area contributed by atoms with Gasteiger partial charge in [-0.2, -0.15) is 4.98 Å². The molecule has 0 aliphatic carbocycles. The van der Waals surface area contributed by atoms with Gasteiger partial charge in [0.2, 0.25) is 5.95 Å². The minimum absolute atomic E-state index is 0.0124. The van der Waals surface area contributed by atoms with Gasteiger partial charge in [0.1, 0.15) is 11.7 Å². The number of nitrogen functional groups attached to an aromatic ring is 1. The minimum Gasteiger partial charge on any atom is -0.481 e. The van der Waals surface area contributed by atoms with Crippen molar-refractivity contribution < 1.29 is 24.6 Å². The maximum atomic E-state index is 12.3. The van der Waals surface area contributed by atoms with Gasteiger partial charge in [-0.1, -0.05) is 0 Å². The van der Waals surface area contributed by atoms with Gasteiger partial charge in [-0.3, -0.25) is 19.4 Å². The summed E-state index contributed by atoms with van der Waals surface area (Å²) in [7, 11) is 1.74. The van der Waals surface area contributed by atoms with Crippen LogP contribution in [0.25, 0.3) is 0 Å². The molecule has 13 heteroatoms. The molecular weight excluding hydrogens is 434 g/mol. The van der Waals surface area contributed by atoms with E-state index in [1.165, 1.54) is 12.1 Å². The number of nitrogens with two attached hydrogens (primary N) is 1. The highest BCUT2D eigenvalue weighted by molar-refractivity contribution is 5.97. The number of aliphatic imine (C=N–C) groups is 1. The van der Waals surface area contributed by atoms with E-state index in [1.54, 1.807) is 30.3 Å². The third-order valence-corrected chi connectivity index (χ3v) is 5.03. The van der Waals surface area contributed by atoms with Crippen molar-refractivity contribution in [2.45, 2.75) is 24.9 Å². The summed E-state index contributed by atoms with van der Waals surface area (Å²) in [6, 6.07) is 4.76. The molecule has 13 nitrogen and oxygen atoms in total. The van der Waals surface area contributed by atoms with E-state index >= 15 is 0 Å². The fourth-order valence-electron chi connectivity index (χ4n) is 3.22. The van der Waals surface area contributed by atoms with Crippen molar-refractivity contribution in [3.05, 3.63) is 40.2 Å². The van der Waals surface area contributed by atoms with Crippen molar-refractivity contribution in [1.82, 2.24) is 15.3 Å². The molecule has 1 aromatic heterocycles. The van der Waals surface area contributed by atoms with Crippen molar-refractivity contribution in [2.75, 3.05) is 29.5 Å². The predicted molar refractivity (Wildman–Crippen MR) is 120 cm³/mol. The number of hydrogen-bond donors (Lipinski definition) is 6. The van der Waals surface area contributed by atoms with Crippen LogP contribution in [-0.2, 0) is 9.59 Å². The summed E-state index contributed by atoms with van der Waals surface area (Å²) in [6.07, 6.45) is 1.05. The molecule has 0 fully saturated rings. The van der Waals surface area contributed by atoms with Crippen LogP contribution in [0.5, 0.6) is 0 Å². The number of aromatic amines is 1. The number of amides is 1. The number of likely N-dealkylation sites (N-methyl/N-ethyl adjacent to an activating group) is 1. The van der Waals surface area contributed by atoms with Crippen LogP contribution in [0, 0.1) is 0 Å². The Kier molecular flexibility index (Phi) is 6.91. The maximum Gasteiger partial charge on any atom is 0.326 e. The van der Waals surface area contributed by atoms with Crippen LogP contribution >= 0.6 is 0 Å². The predicted octanol–water partition coefficient (Wildman–Crippen LogP) is 0.0327. The van der Waals surface area contributed by atoms with Crippen LogP contribution < -0.4 is 26.8 Å². The number of aromatic nitrogens is 2. The topological polar surface area (TPSA) is 203 Å². The normalized spacial score (nSPS) is 15.4. The molecule has 2 atom stereocenters. The first-order valence-corrected chi connectivity index (χ1v) is 9.92. The summed E-state index contributed by atoms with van der Waals surface area (Å²) < 4.78 is 0. The highest BCUT2D eigenvalue weighted by Gasteiger charge is 2.25. The molecule has 2 aromatic rings. The average Bonchev–Trinajstić information content (AvgIpc) is 2.75. The standard InChI is InChI=1S/C20H23N7O6/c1-27-12(9-23-16-15(27)18(31)26-20(21)25-16)8-22-11-4-2-10(3-5-11)17(30)24-13(19(32)33)6-7-14(28)29/h2-5,9,12-13,22H,6-8H2,1H3,(H,24,30)(H,28,29)(H,32,33)(H3,21,25,26,31)/t12?,13-/m0/s1. The number of nitrogens with one attached hydrogen (secondary N) is 3. The van der Waals surface area contributed by atoms with Crippen LogP contribution in [0.4, 0.5) is 23.1 Å². The lowest BCUT2D eigenvalue weighted by molar-refractivity contribution is -0.140. The van der Waals surface area contributed by atoms with Gasteiger partial charge in [0.05, 0.1) is 6.04 Å². The summed E-state index contributed by atoms with van der Waals surface area (Å²) >= 11 is 0. The molecule has 0 spiro atoms. The van der Waals surface area contributed by atoms with Crippen LogP contribution in [0.3, 0.4) is 0 Å². The number of H-pyrrole nitrogens is 1. The van der Waals surface area contributed by atoms with Gasteiger partial charge in [-0.05, 0) is 30.7 Å². The van der Waals surface area contributed by atoms with Gasteiger partial charge in [0, 0.05) is 37.5 Å². The Hall–Kier alpha value is -4.42. The third kappa shape index (κ3) is 5.64. The van der Waals surface area contributed by atoms with Gasteiger partial charge in [0.15, 0.2) is 5.82 Å². The molecule has 7 N–H and O–H groups in total. The number of carboxylic acids is 2. The number of carboxylic acid groups (broad SMARTS) is 2. The van der Waals surface area contributed by atoms with E-state index in [1.807, 2.05) is 0 Å². The van der Waals surface area contributed by atoms with Crippen molar-refractivity contribution in [3.8, 4) is 0 Å². The second-order valence-electron chi connectivity index (χ2n) is 7.33. The van der Waals surface area contributed by atoms with Gasteiger partial charge in [-0.25, -0.2) is 9.79 Å². The Balaban J connectivity index is 1.60. The third-order valence-electron chi connectivity index (χ3n) is 5.03. The zero-order valence-electron chi connectivity index (χ0n) is 17.6. The van der Waals surface area contributed by atoms with Crippen molar-refractivity contribution in [2.24, 2.45) is 4.99 Å². The zero-order chi connectivity index (χ0) is 24.1. The largest absolute Gasteiger partial charge is 0.481 e. The SMILES string of the molecule is CN1c2c(nc(N)[nH]c2=O)N=CC1CNc1ccc(C(=O)N[C@@H](CCC(=O)O)C(=O)O)cc1. The molecule has 0 saturated carbocycles. The van der Waals surface area contributed by atoms with Crippen LogP contribution in [-0.4, -0.2) is 69.9 Å². The monoisotopic (exact) mass is 457 g/mol. The van der Waals surface area contributed by atoms with Crippen LogP contribution in [0.1, 0.15) is 23.2 Å². The van der Waals surface area contributed by atoms with Crippen LogP contribution in [0.2, 0.25) is 0 Å². The molecule has 1 aromatic carbocycles. The Morgan fingerprint density at radius 2 is 1.94 bits per heavy atom. The Labute approximate surface area is 187 Å². The smallest absolute Gasteiger partial charge is 0.326 e. The second-order valence-corrected chi connectivity index (χ2v) is 7.33. The molecule has 1 aliphatic heterocycles. The van der Waals surface area contributed by atoms with E-state index < -0.39 is 23.9 Å². The Morgan fingerprint density at radius 1 is 1.24 bits per heavy atom. The highest BCUT2D eigenvalue weighted by Crippen LogP contribution is 2.26. The number of anilines is 3. The molecule has 3 rings (SSSR count). The molecule has 1 amide bonds. The number of benzene rings is 1. The van der Waals surface area contributed by atoms with Gasteiger partial charge >= 0.3 is 11.9 Å². The van der Waals surface area contributed by atoms with E-state index in [2.05, 4.69) is 25.6 Å². The first kappa shape index (κ1) is 23.2. The average molecular weight is 457 g/mol. The molecular formula is C20H23N7O6. The Morgan fingerprint density at radius 3 is 2.58 bits per heavy atom. The first-order chi connectivity index (χ1) is 15.7. The van der Waals surface area contributed by atoms with Crippen molar-refractivity contribution in [3.63, 3.8) is 0 Å². The molecule has 1 aliphatic rings. The lowest BCUT2D eigenvalue weighted by atomic mass is 10.1. The van der Waals surface area contributed by atoms with E-state index in [9.17, 15) is 19.2 Å².